The van der Waals surface area contributed by atoms with E-state index in [1.54, 1.807) is 0 Å². The van der Waals surface area contributed by atoms with E-state index in [0.29, 0.717) is 19.3 Å². The highest BCUT2D eigenvalue weighted by Crippen LogP contribution is 2.17. The zero-order valence-corrected chi connectivity index (χ0v) is 42.2. The highest BCUT2D eigenvalue weighted by atomic mass is 16.6. The molecule has 0 N–H and O–H groups in total. The van der Waals surface area contributed by atoms with Crippen LogP contribution in [0.5, 0.6) is 0 Å². The fourth-order valence-electron chi connectivity index (χ4n) is 8.62. The number of carbonyl (C=O) groups is 3. The van der Waals surface area contributed by atoms with Gasteiger partial charge in [-0.15, -0.1) is 0 Å². The molecule has 0 spiro atoms. The highest BCUT2D eigenvalue weighted by molar-refractivity contribution is 5.71. The van der Waals surface area contributed by atoms with Gasteiger partial charge in [-0.05, 0) is 19.3 Å². The second-order valence-corrected chi connectivity index (χ2v) is 19.2. The van der Waals surface area contributed by atoms with Gasteiger partial charge in [-0.25, -0.2) is 0 Å². The van der Waals surface area contributed by atoms with Crippen LogP contribution in [0.1, 0.15) is 323 Å². The van der Waals surface area contributed by atoms with E-state index in [9.17, 15) is 14.4 Å². The van der Waals surface area contributed by atoms with Crippen LogP contribution >= 0.6 is 0 Å². The van der Waals surface area contributed by atoms with Crippen LogP contribution in [0.3, 0.4) is 0 Å². The molecule has 1 unspecified atom stereocenters. The van der Waals surface area contributed by atoms with Gasteiger partial charge < -0.3 is 14.2 Å². The molecule has 0 radical (unpaired) electrons. The topological polar surface area (TPSA) is 78.9 Å². The van der Waals surface area contributed by atoms with Crippen LogP contribution in [0.2, 0.25) is 0 Å². The molecule has 0 saturated carbocycles. The van der Waals surface area contributed by atoms with E-state index >= 15 is 0 Å². The minimum atomic E-state index is -0.759. The summed E-state index contributed by atoms with van der Waals surface area (Å²) in [5, 5.41) is 0. The van der Waals surface area contributed by atoms with E-state index < -0.39 is 6.10 Å². The fraction of sp³-hybridized carbons (Fsp3) is 0.946. The molecule has 0 amide bonds. The lowest BCUT2D eigenvalue weighted by Gasteiger charge is -2.18. The van der Waals surface area contributed by atoms with Gasteiger partial charge in [0, 0.05) is 19.3 Å². The number of esters is 3. The Hall–Kier alpha value is -1.59. The van der Waals surface area contributed by atoms with Gasteiger partial charge >= 0.3 is 17.9 Å². The number of rotatable bonds is 52. The first-order valence-corrected chi connectivity index (χ1v) is 28.0. The van der Waals surface area contributed by atoms with Crippen molar-refractivity contribution < 1.29 is 28.6 Å². The van der Waals surface area contributed by atoms with Crippen molar-refractivity contribution in [1.82, 2.24) is 0 Å². The Morgan fingerprint density at radius 2 is 0.435 bits per heavy atom. The average molecular weight is 877 g/mol. The molecule has 0 fully saturated rings. The summed E-state index contributed by atoms with van der Waals surface area (Å²) < 4.78 is 16.8. The molecule has 0 aliphatic rings. The lowest BCUT2D eigenvalue weighted by atomic mass is 10.0. The zero-order valence-electron chi connectivity index (χ0n) is 42.2. The van der Waals surface area contributed by atoms with Crippen molar-refractivity contribution >= 4 is 17.9 Å². The molecule has 368 valence electrons. The molecule has 0 rings (SSSR count). The van der Waals surface area contributed by atoms with Crippen LogP contribution in [0.4, 0.5) is 0 Å². The normalized spacial score (nSPS) is 11.9. The number of hydrogen-bond acceptors (Lipinski definition) is 6. The molecule has 0 aromatic carbocycles. The highest BCUT2D eigenvalue weighted by Gasteiger charge is 2.19. The molecule has 62 heavy (non-hydrogen) atoms. The number of carbonyl (C=O) groups excluding carboxylic acids is 3. The molecule has 0 bridgehead atoms. The molecule has 0 aromatic heterocycles. The molecule has 0 heterocycles. The number of unbranched alkanes of at least 4 members (excludes halogenated alkanes) is 41. The Labute approximate surface area is 387 Å². The molecule has 6 nitrogen and oxygen atoms in total. The van der Waals surface area contributed by atoms with E-state index in [1.165, 1.54) is 225 Å². The van der Waals surface area contributed by atoms with Gasteiger partial charge in [0.25, 0.3) is 0 Å². The Kier molecular flexibility index (Phi) is 50.7. The Bertz CT molecular complexity index is 920. The van der Waals surface area contributed by atoms with E-state index in [0.717, 1.165) is 57.8 Å². The lowest BCUT2D eigenvalue weighted by Crippen LogP contribution is -2.30. The first-order chi connectivity index (χ1) is 30.5. The van der Waals surface area contributed by atoms with Gasteiger partial charge in [0.2, 0.25) is 0 Å². The van der Waals surface area contributed by atoms with Crippen LogP contribution in [-0.2, 0) is 28.6 Å². The Morgan fingerprint density at radius 1 is 0.258 bits per heavy atom. The van der Waals surface area contributed by atoms with Crippen molar-refractivity contribution in [3.63, 3.8) is 0 Å². The first kappa shape index (κ1) is 60.4. The second-order valence-electron chi connectivity index (χ2n) is 19.2. The molecular formula is C56H108O6. The summed E-state index contributed by atoms with van der Waals surface area (Å²) in [4.78, 5) is 37.9. The van der Waals surface area contributed by atoms with Gasteiger partial charge in [-0.1, -0.05) is 284 Å². The predicted octanol–water partition coefficient (Wildman–Crippen LogP) is 18.4. The van der Waals surface area contributed by atoms with Crippen molar-refractivity contribution in [3.05, 3.63) is 0 Å². The maximum Gasteiger partial charge on any atom is 0.306 e. The van der Waals surface area contributed by atoms with E-state index in [2.05, 4.69) is 20.8 Å². The monoisotopic (exact) mass is 877 g/mol. The lowest BCUT2D eigenvalue weighted by molar-refractivity contribution is -0.167. The predicted molar refractivity (Wildman–Crippen MR) is 266 cm³/mol. The minimum Gasteiger partial charge on any atom is -0.462 e. The van der Waals surface area contributed by atoms with Crippen LogP contribution in [0.15, 0.2) is 0 Å². The van der Waals surface area contributed by atoms with E-state index in [-0.39, 0.29) is 31.1 Å². The van der Waals surface area contributed by atoms with Crippen molar-refractivity contribution in [2.45, 2.75) is 329 Å². The van der Waals surface area contributed by atoms with Crippen LogP contribution in [0, 0.1) is 0 Å². The SMILES string of the molecule is CCCCCCCCCCCCCCCCCCCCCC(=O)OCC(COC(=O)CCCCCCCCCC)OC(=O)CCCCCCCCCCCCCCCCCCC. The van der Waals surface area contributed by atoms with Crippen LogP contribution in [0.25, 0.3) is 0 Å². The minimum absolute atomic E-state index is 0.0617. The molecule has 1 atom stereocenters. The smallest absolute Gasteiger partial charge is 0.306 e. The van der Waals surface area contributed by atoms with Crippen molar-refractivity contribution in [2.24, 2.45) is 0 Å². The summed E-state index contributed by atoms with van der Waals surface area (Å²) in [7, 11) is 0. The Balaban J connectivity index is 4.17. The molecule has 0 aromatic rings. The van der Waals surface area contributed by atoms with Gasteiger partial charge in [-0.3, -0.25) is 14.4 Å². The maximum absolute atomic E-state index is 12.8. The molecule has 0 aliphatic heterocycles. The standard InChI is InChI=1S/C56H108O6/c1-4-7-10-13-16-19-21-23-25-27-28-30-31-33-35-37-40-43-46-49-55(58)61-52-53(51-60-54(57)48-45-42-39-18-15-12-9-6-3)62-56(59)50-47-44-41-38-36-34-32-29-26-24-22-20-17-14-11-8-5-2/h53H,4-52H2,1-3H3. The summed E-state index contributed by atoms with van der Waals surface area (Å²) in [6.07, 6.45) is 56.8. The van der Waals surface area contributed by atoms with Crippen molar-refractivity contribution in [2.75, 3.05) is 13.2 Å². The van der Waals surface area contributed by atoms with Gasteiger partial charge in [0.15, 0.2) is 6.10 Å². The zero-order chi connectivity index (χ0) is 45.1. The van der Waals surface area contributed by atoms with Gasteiger partial charge in [0.05, 0.1) is 0 Å². The van der Waals surface area contributed by atoms with Gasteiger partial charge in [0.1, 0.15) is 13.2 Å². The van der Waals surface area contributed by atoms with Crippen LogP contribution in [-0.4, -0.2) is 37.2 Å². The molecular weight excluding hydrogens is 769 g/mol. The molecule has 6 heteroatoms. The maximum atomic E-state index is 12.8. The Morgan fingerprint density at radius 3 is 0.645 bits per heavy atom. The second kappa shape index (κ2) is 52.0. The van der Waals surface area contributed by atoms with Crippen LogP contribution < -0.4 is 0 Å². The summed E-state index contributed by atoms with van der Waals surface area (Å²) >= 11 is 0. The quantitative estimate of drug-likeness (QED) is 0.0344. The van der Waals surface area contributed by atoms with E-state index in [4.69, 9.17) is 14.2 Å². The summed E-state index contributed by atoms with van der Waals surface area (Å²) in [5.41, 5.74) is 0. The third kappa shape index (κ3) is 49.4. The molecule has 0 aliphatic carbocycles. The number of ether oxygens (including phenoxy) is 3. The van der Waals surface area contributed by atoms with Crippen molar-refractivity contribution in [3.8, 4) is 0 Å². The molecule has 0 saturated heterocycles. The third-order valence-electron chi connectivity index (χ3n) is 12.9. The summed E-state index contributed by atoms with van der Waals surface area (Å²) in [6, 6.07) is 0. The largest absolute Gasteiger partial charge is 0.462 e. The summed E-state index contributed by atoms with van der Waals surface area (Å²) in [6.45, 7) is 6.67. The third-order valence-corrected chi connectivity index (χ3v) is 12.9. The summed E-state index contributed by atoms with van der Waals surface area (Å²) in [5.74, 6) is -0.841. The fourth-order valence-corrected chi connectivity index (χ4v) is 8.62. The first-order valence-electron chi connectivity index (χ1n) is 28.0. The van der Waals surface area contributed by atoms with Crippen molar-refractivity contribution in [1.29, 1.82) is 0 Å². The average Bonchev–Trinajstić information content (AvgIpc) is 3.27. The number of hydrogen-bond donors (Lipinski definition) is 0. The van der Waals surface area contributed by atoms with E-state index in [1.807, 2.05) is 0 Å². The van der Waals surface area contributed by atoms with Gasteiger partial charge in [-0.2, -0.15) is 0 Å².